The van der Waals surface area contributed by atoms with Gasteiger partial charge in [0, 0.05) is 5.92 Å². The van der Waals surface area contributed by atoms with Gasteiger partial charge in [0.15, 0.2) is 5.78 Å². The number of aliphatic hydroxyl groups excluding tert-OH is 1. The van der Waals surface area contributed by atoms with Crippen molar-refractivity contribution in [1.29, 1.82) is 0 Å². The summed E-state index contributed by atoms with van der Waals surface area (Å²) in [6, 6.07) is 0. The molecule has 0 bridgehead atoms. The van der Waals surface area contributed by atoms with E-state index in [1.54, 1.807) is 6.08 Å². The molecule has 3 aliphatic carbocycles. The number of rotatable bonds is 0. The van der Waals surface area contributed by atoms with Crippen molar-refractivity contribution in [3.63, 3.8) is 0 Å². The molecule has 1 N–H and O–H groups in total. The Morgan fingerprint density at radius 2 is 1.94 bits per heavy atom. The van der Waals surface area contributed by atoms with Crippen molar-refractivity contribution < 1.29 is 9.90 Å². The monoisotopic (exact) mass is 234 g/mol. The average Bonchev–Trinajstić information content (AvgIpc) is 2.83. The molecule has 2 heteroatoms. The van der Waals surface area contributed by atoms with Crippen LogP contribution in [-0.2, 0) is 4.79 Å². The zero-order chi connectivity index (χ0) is 12.6. The second kappa shape index (κ2) is 3.03. The molecule has 0 aromatic rings. The predicted molar refractivity (Wildman–Crippen MR) is 66.4 cm³/mol. The molecule has 0 aliphatic heterocycles. The third-order valence-corrected chi connectivity index (χ3v) is 5.96. The van der Waals surface area contributed by atoms with E-state index in [1.807, 2.05) is 0 Å². The van der Waals surface area contributed by atoms with Crippen LogP contribution >= 0.6 is 0 Å². The third kappa shape index (κ3) is 1.17. The van der Waals surface area contributed by atoms with Gasteiger partial charge in [-0.05, 0) is 47.2 Å². The van der Waals surface area contributed by atoms with Crippen molar-refractivity contribution >= 4 is 5.78 Å². The minimum atomic E-state index is -0.391. The fourth-order valence-corrected chi connectivity index (χ4v) is 4.78. The maximum atomic E-state index is 12.1. The van der Waals surface area contributed by atoms with E-state index in [4.69, 9.17) is 0 Å². The van der Waals surface area contributed by atoms with Crippen LogP contribution in [0.5, 0.6) is 0 Å². The summed E-state index contributed by atoms with van der Waals surface area (Å²) in [5.41, 5.74) is 1.18. The lowest BCUT2D eigenvalue weighted by Crippen LogP contribution is -2.43. The van der Waals surface area contributed by atoms with Gasteiger partial charge in [-0.3, -0.25) is 4.79 Å². The van der Waals surface area contributed by atoms with Gasteiger partial charge in [0.1, 0.15) is 0 Å². The molecule has 0 radical (unpaired) electrons. The van der Waals surface area contributed by atoms with E-state index in [2.05, 4.69) is 27.7 Å². The molecule has 94 valence electrons. The van der Waals surface area contributed by atoms with E-state index >= 15 is 0 Å². The molecule has 0 unspecified atom stereocenters. The maximum absolute atomic E-state index is 12.1. The van der Waals surface area contributed by atoms with Gasteiger partial charge in [-0.25, -0.2) is 0 Å². The van der Waals surface area contributed by atoms with Crippen molar-refractivity contribution in [2.45, 2.75) is 46.6 Å². The highest BCUT2D eigenvalue weighted by molar-refractivity contribution is 5.97. The largest absolute Gasteiger partial charge is 0.389 e. The van der Waals surface area contributed by atoms with Gasteiger partial charge in [-0.2, -0.15) is 0 Å². The van der Waals surface area contributed by atoms with E-state index in [0.717, 1.165) is 18.4 Å². The molecule has 3 aliphatic rings. The number of allylic oxidation sites excluding steroid dienone is 1. The molecule has 0 amide bonds. The third-order valence-electron chi connectivity index (χ3n) is 5.96. The first kappa shape index (κ1) is 11.5. The number of carbonyl (C=O) groups is 1. The van der Waals surface area contributed by atoms with E-state index in [9.17, 15) is 9.90 Å². The lowest BCUT2D eigenvalue weighted by molar-refractivity contribution is -0.118. The van der Waals surface area contributed by atoms with Crippen LogP contribution in [0.2, 0.25) is 0 Å². The topological polar surface area (TPSA) is 37.3 Å². The quantitative estimate of drug-likeness (QED) is 0.699. The Kier molecular flexibility index (Phi) is 2.04. The lowest BCUT2D eigenvalue weighted by atomic mass is 9.58. The van der Waals surface area contributed by atoms with Gasteiger partial charge in [-0.1, -0.05) is 27.7 Å². The highest BCUT2D eigenvalue weighted by Gasteiger charge is 2.71. The first-order chi connectivity index (χ1) is 7.81. The number of carbonyl (C=O) groups excluding carboxylic acids is 1. The minimum Gasteiger partial charge on any atom is -0.389 e. The van der Waals surface area contributed by atoms with Crippen molar-refractivity contribution in [1.82, 2.24) is 0 Å². The minimum absolute atomic E-state index is 0.0414. The molecule has 17 heavy (non-hydrogen) atoms. The molecule has 0 saturated heterocycles. The summed E-state index contributed by atoms with van der Waals surface area (Å²) >= 11 is 0. The number of ketones is 1. The fourth-order valence-electron chi connectivity index (χ4n) is 4.78. The molecule has 2 fully saturated rings. The Labute approximate surface area is 103 Å². The van der Waals surface area contributed by atoms with Gasteiger partial charge in [0.2, 0.25) is 0 Å². The summed E-state index contributed by atoms with van der Waals surface area (Å²) in [4.78, 5) is 12.1. The molecule has 2 nitrogen and oxygen atoms in total. The molecular weight excluding hydrogens is 212 g/mol. The Morgan fingerprint density at radius 1 is 1.29 bits per heavy atom. The lowest BCUT2D eigenvalue weighted by Gasteiger charge is -2.47. The van der Waals surface area contributed by atoms with E-state index < -0.39 is 6.10 Å². The first-order valence-corrected chi connectivity index (χ1v) is 6.75. The van der Waals surface area contributed by atoms with Gasteiger partial charge >= 0.3 is 0 Å². The Hall–Kier alpha value is -0.630. The summed E-state index contributed by atoms with van der Waals surface area (Å²) in [6.45, 7) is 8.96. The number of aliphatic hydroxyl groups is 1. The second-order valence-corrected chi connectivity index (χ2v) is 7.06. The van der Waals surface area contributed by atoms with Crippen LogP contribution in [0.15, 0.2) is 11.6 Å². The Morgan fingerprint density at radius 3 is 2.59 bits per heavy atom. The normalized spacial score (nSPS) is 51.4. The Balaban J connectivity index is 2.12. The Bertz CT molecular complexity index is 421. The van der Waals surface area contributed by atoms with Gasteiger partial charge in [0.25, 0.3) is 0 Å². The SMILES string of the molecule is C[C@H]1CC[C@H](O)C2=CC(=O)[C@@H]3[C@H](C3(C)C)[C@@]21C. The van der Waals surface area contributed by atoms with Gasteiger partial charge < -0.3 is 5.11 Å². The highest BCUT2D eigenvalue weighted by atomic mass is 16.3. The average molecular weight is 234 g/mol. The molecule has 0 heterocycles. The van der Waals surface area contributed by atoms with Crippen molar-refractivity contribution in [2.75, 3.05) is 0 Å². The number of fused-ring (bicyclic) bond motifs is 3. The van der Waals surface area contributed by atoms with Crippen molar-refractivity contribution in [3.8, 4) is 0 Å². The summed E-state index contributed by atoms with van der Waals surface area (Å²) in [5, 5.41) is 10.2. The van der Waals surface area contributed by atoms with Crippen LogP contribution in [0, 0.1) is 28.6 Å². The van der Waals surface area contributed by atoms with Crippen LogP contribution in [0.1, 0.15) is 40.5 Å². The standard InChI is InChI=1S/C15H22O2/c1-8-5-6-10(16)9-7-11(17)12-13(14(12,2)3)15(8,9)4/h7-8,10,12-13,16H,5-6H2,1-4H3/t8-,10-,12+,13+,15+/m0/s1. The van der Waals surface area contributed by atoms with Crippen LogP contribution < -0.4 is 0 Å². The van der Waals surface area contributed by atoms with Crippen molar-refractivity contribution in [3.05, 3.63) is 11.6 Å². The molecule has 5 atom stereocenters. The summed E-state index contributed by atoms with van der Waals surface area (Å²) in [6.07, 6.45) is 3.27. The van der Waals surface area contributed by atoms with E-state index in [-0.39, 0.29) is 22.5 Å². The van der Waals surface area contributed by atoms with Crippen LogP contribution in [-0.4, -0.2) is 17.0 Å². The second-order valence-electron chi connectivity index (χ2n) is 7.06. The van der Waals surface area contributed by atoms with Crippen LogP contribution in [0.4, 0.5) is 0 Å². The fraction of sp³-hybridized carbons (Fsp3) is 0.800. The van der Waals surface area contributed by atoms with Crippen LogP contribution in [0.25, 0.3) is 0 Å². The van der Waals surface area contributed by atoms with Crippen molar-refractivity contribution in [2.24, 2.45) is 28.6 Å². The number of hydrogen-bond donors (Lipinski definition) is 1. The first-order valence-electron chi connectivity index (χ1n) is 6.75. The van der Waals surface area contributed by atoms with E-state index in [1.165, 1.54) is 0 Å². The molecule has 2 saturated carbocycles. The summed E-state index contributed by atoms with van der Waals surface area (Å²) in [7, 11) is 0. The smallest absolute Gasteiger partial charge is 0.159 e. The molecule has 0 spiro atoms. The predicted octanol–water partition coefficient (Wildman–Crippen LogP) is 2.56. The zero-order valence-electron chi connectivity index (χ0n) is 11.2. The molecule has 3 rings (SSSR count). The van der Waals surface area contributed by atoms with E-state index in [0.29, 0.717) is 11.8 Å². The molecule has 0 aromatic heterocycles. The number of hydrogen-bond acceptors (Lipinski definition) is 2. The summed E-state index contributed by atoms with van der Waals surface area (Å²) < 4.78 is 0. The van der Waals surface area contributed by atoms with Gasteiger partial charge in [0.05, 0.1) is 6.10 Å². The summed E-state index contributed by atoms with van der Waals surface area (Å²) in [5.74, 6) is 1.46. The molecular formula is C15H22O2. The highest BCUT2D eigenvalue weighted by Crippen LogP contribution is 2.73. The van der Waals surface area contributed by atoms with Crippen LogP contribution in [0.3, 0.4) is 0 Å². The van der Waals surface area contributed by atoms with Gasteiger partial charge in [-0.15, -0.1) is 0 Å². The molecule has 0 aromatic carbocycles. The zero-order valence-corrected chi connectivity index (χ0v) is 11.2. The maximum Gasteiger partial charge on any atom is 0.159 e.